The quantitative estimate of drug-likeness (QED) is 0.883. The smallest absolute Gasteiger partial charge is 0.273 e. The number of aryl methyl sites for hydroxylation is 2. The molecule has 9 heteroatoms. The second kappa shape index (κ2) is 4.85. The van der Waals surface area contributed by atoms with Gasteiger partial charge in [0.25, 0.3) is 15.2 Å². The van der Waals surface area contributed by atoms with Crippen molar-refractivity contribution in [1.29, 1.82) is 0 Å². The summed E-state index contributed by atoms with van der Waals surface area (Å²) in [6.07, 6.45) is 2.46. The van der Waals surface area contributed by atoms with E-state index >= 15 is 0 Å². The van der Waals surface area contributed by atoms with Crippen molar-refractivity contribution < 1.29 is 8.42 Å². The van der Waals surface area contributed by atoms with Gasteiger partial charge in [0.2, 0.25) is 0 Å². The lowest BCUT2D eigenvalue weighted by Gasteiger charge is -2.10. The van der Waals surface area contributed by atoms with Gasteiger partial charge in [-0.15, -0.1) is 10.2 Å². The van der Waals surface area contributed by atoms with Gasteiger partial charge in [-0.1, -0.05) is 6.92 Å². The van der Waals surface area contributed by atoms with Crippen LogP contribution < -0.4 is 5.14 Å². The molecule has 2 aromatic heterocycles. The van der Waals surface area contributed by atoms with Crippen LogP contribution in [0.5, 0.6) is 0 Å². The Hall–Kier alpha value is -1.87. The number of aromatic nitrogens is 5. The van der Waals surface area contributed by atoms with Gasteiger partial charge in [0, 0.05) is 11.6 Å². The summed E-state index contributed by atoms with van der Waals surface area (Å²) in [4.78, 5) is 0. The first-order valence-corrected chi connectivity index (χ1v) is 8.27. The van der Waals surface area contributed by atoms with Crippen LogP contribution in [0.2, 0.25) is 0 Å². The van der Waals surface area contributed by atoms with Gasteiger partial charge in [0.1, 0.15) is 0 Å². The van der Waals surface area contributed by atoms with Crippen molar-refractivity contribution in [2.75, 3.05) is 0 Å². The van der Waals surface area contributed by atoms with E-state index in [4.69, 9.17) is 5.14 Å². The molecule has 0 saturated heterocycles. The average molecular weight is 308 g/mol. The summed E-state index contributed by atoms with van der Waals surface area (Å²) in [7, 11) is -3.90. The van der Waals surface area contributed by atoms with Gasteiger partial charge in [-0.2, -0.15) is 10.2 Å². The highest BCUT2D eigenvalue weighted by molar-refractivity contribution is 7.89. The zero-order valence-corrected chi connectivity index (χ0v) is 12.6. The topological polar surface area (TPSA) is 117 Å². The maximum absolute atomic E-state index is 11.7. The number of hydrogen-bond acceptors (Lipinski definition) is 6. The highest BCUT2D eigenvalue weighted by atomic mass is 32.2. The molecule has 1 fully saturated rings. The van der Waals surface area contributed by atoms with Crippen molar-refractivity contribution >= 4 is 10.0 Å². The number of hydrogen-bond donors (Lipinski definition) is 1. The summed E-state index contributed by atoms with van der Waals surface area (Å²) < 4.78 is 25.0. The number of rotatable bonds is 4. The summed E-state index contributed by atoms with van der Waals surface area (Å²) >= 11 is 0. The Bertz CT molecular complexity index is 794. The van der Waals surface area contributed by atoms with Crippen molar-refractivity contribution in [2.24, 2.45) is 5.14 Å². The van der Waals surface area contributed by atoms with E-state index in [1.807, 2.05) is 19.9 Å². The molecule has 2 aromatic rings. The molecule has 8 nitrogen and oxygen atoms in total. The normalized spacial score (nSPS) is 15.4. The molecule has 1 aliphatic rings. The lowest BCUT2D eigenvalue weighted by molar-refractivity contribution is 0.567. The summed E-state index contributed by atoms with van der Waals surface area (Å²) in [5, 5.41) is 21.1. The Kier molecular flexibility index (Phi) is 3.25. The zero-order chi connectivity index (χ0) is 15.2. The number of nitrogens with zero attached hydrogens (tertiary/aromatic N) is 5. The molecular weight excluding hydrogens is 292 g/mol. The second-order valence-electron chi connectivity index (χ2n) is 5.15. The third-order valence-electron chi connectivity index (χ3n) is 3.40. The zero-order valence-electron chi connectivity index (χ0n) is 11.8. The van der Waals surface area contributed by atoms with Gasteiger partial charge >= 0.3 is 0 Å². The fourth-order valence-corrected chi connectivity index (χ4v) is 2.95. The molecule has 0 spiro atoms. The molecule has 1 aliphatic carbocycles. The first-order valence-electron chi connectivity index (χ1n) is 6.73. The lowest BCUT2D eigenvalue weighted by atomic mass is 10.1. The Morgan fingerprint density at radius 2 is 2.00 bits per heavy atom. The Labute approximate surface area is 122 Å². The molecule has 112 valence electrons. The molecule has 1 saturated carbocycles. The maximum atomic E-state index is 11.7. The molecule has 0 aliphatic heterocycles. The van der Waals surface area contributed by atoms with Crippen LogP contribution in [0.1, 0.15) is 37.2 Å². The van der Waals surface area contributed by atoms with Crippen LogP contribution in [0.3, 0.4) is 0 Å². The van der Waals surface area contributed by atoms with E-state index in [0.717, 1.165) is 29.8 Å². The second-order valence-corrected chi connectivity index (χ2v) is 6.61. The highest BCUT2D eigenvalue weighted by Gasteiger charge is 2.34. The van der Waals surface area contributed by atoms with Crippen molar-refractivity contribution in [1.82, 2.24) is 25.0 Å². The number of sulfonamides is 1. The van der Waals surface area contributed by atoms with Crippen molar-refractivity contribution in [2.45, 2.75) is 44.3 Å². The SMILES string of the molecule is CCc1nnc(C)cc1-c1nnc(S(N)(=O)=O)n1C1CC1. The molecule has 2 N–H and O–H groups in total. The van der Waals surface area contributed by atoms with E-state index in [-0.39, 0.29) is 11.2 Å². The van der Waals surface area contributed by atoms with Gasteiger partial charge in [-0.05, 0) is 32.3 Å². The monoisotopic (exact) mass is 308 g/mol. The van der Waals surface area contributed by atoms with Gasteiger partial charge < -0.3 is 0 Å². The van der Waals surface area contributed by atoms with Crippen LogP contribution in [0.4, 0.5) is 0 Å². The van der Waals surface area contributed by atoms with E-state index in [2.05, 4.69) is 20.4 Å². The van der Waals surface area contributed by atoms with Crippen LogP contribution in [-0.4, -0.2) is 33.4 Å². The number of nitrogens with two attached hydrogens (primary N) is 1. The molecule has 0 radical (unpaired) electrons. The lowest BCUT2D eigenvalue weighted by Crippen LogP contribution is -2.18. The minimum atomic E-state index is -3.90. The molecule has 0 aromatic carbocycles. The minimum absolute atomic E-state index is 0.0847. The molecular formula is C12H16N6O2S. The van der Waals surface area contributed by atoms with E-state index in [0.29, 0.717) is 12.2 Å². The standard InChI is InChI=1S/C12H16N6O2S/c1-3-10-9(6-7(2)14-15-10)11-16-17-12(21(13,19)20)18(11)8-4-5-8/h6,8H,3-5H2,1-2H3,(H2,13,19,20). The van der Waals surface area contributed by atoms with E-state index in [1.54, 1.807) is 4.57 Å². The van der Waals surface area contributed by atoms with Crippen LogP contribution in [0.25, 0.3) is 11.4 Å². The number of primary sulfonamides is 1. The summed E-state index contributed by atoms with van der Waals surface area (Å²) in [5.74, 6) is 0.497. The third kappa shape index (κ3) is 2.54. The highest BCUT2D eigenvalue weighted by Crippen LogP contribution is 2.40. The van der Waals surface area contributed by atoms with Crippen LogP contribution in [-0.2, 0) is 16.4 Å². The van der Waals surface area contributed by atoms with Crippen LogP contribution in [0.15, 0.2) is 11.2 Å². The maximum Gasteiger partial charge on any atom is 0.273 e. The molecule has 0 unspecified atom stereocenters. The molecule has 3 rings (SSSR count). The average Bonchev–Trinajstić information content (AvgIpc) is 3.15. The first-order chi connectivity index (χ1) is 9.91. The predicted molar refractivity (Wildman–Crippen MR) is 74.8 cm³/mol. The Balaban J connectivity index is 2.24. The van der Waals surface area contributed by atoms with Crippen molar-refractivity contribution in [3.05, 3.63) is 17.5 Å². The first kappa shape index (κ1) is 14.1. The fourth-order valence-electron chi connectivity index (χ4n) is 2.29. The molecule has 0 bridgehead atoms. The van der Waals surface area contributed by atoms with Crippen molar-refractivity contribution in [3.8, 4) is 11.4 Å². The van der Waals surface area contributed by atoms with E-state index < -0.39 is 10.0 Å². The van der Waals surface area contributed by atoms with Gasteiger partial charge in [-0.3, -0.25) is 4.57 Å². The molecule has 0 atom stereocenters. The Morgan fingerprint density at radius 3 is 2.57 bits per heavy atom. The fraction of sp³-hybridized carbons (Fsp3) is 0.500. The van der Waals surface area contributed by atoms with Crippen molar-refractivity contribution in [3.63, 3.8) is 0 Å². The third-order valence-corrected chi connectivity index (χ3v) is 4.19. The molecule has 2 heterocycles. The Morgan fingerprint density at radius 1 is 1.29 bits per heavy atom. The minimum Gasteiger partial charge on any atom is -0.294 e. The summed E-state index contributed by atoms with van der Waals surface area (Å²) in [6.45, 7) is 3.79. The molecule has 0 amide bonds. The van der Waals surface area contributed by atoms with Crippen LogP contribution in [0, 0.1) is 6.92 Å². The van der Waals surface area contributed by atoms with E-state index in [9.17, 15) is 8.42 Å². The summed E-state index contributed by atoms with van der Waals surface area (Å²) in [5.41, 5.74) is 2.26. The van der Waals surface area contributed by atoms with Gasteiger partial charge in [0.15, 0.2) is 5.82 Å². The van der Waals surface area contributed by atoms with Gasteiger partial charge in [0.05, 0.1) is 11.4 Å². The largest absolute Gasteiger partial charge is 0.294 e. The molecule has 21 heavy (non-hydrogen) atoms. The summed E-state index contributed by atoms with van der Waals surface area (Å²) in [6, 6.07) is 1.93. The van der Waals surface area contributed by atoms with Gasteiger partial charge in [-0.25, -0.2) is 13.6 Å². The van der Waals surface area contributed by atoms with Crippen LogP contribution >= 0.6 is 0 Å². The predicted octanol–water partition coefficient (Wildman–Crippen LogP) is 0.588. The van der Waals surface area contributed by atoms with E-state index in [1.165, 1.54) is 0 Å².